The van der Waals surface area contributed by atoms with Crippen molar-refractivity contribution >= 4 is 50.5 Å². The zero-order chi connectivity index (χ0) is 20.5. The molecule has 1 aromatic heterocycles. The number of nitrogens with zero attached hydrogens (tertiary/aromatic N) is 2. The molecule has 9 nitrogen and oxygen atoms in total. The van der Waals surface area contributed by atoms with Gasteiger partial charge in [-0.25, -0.2) is 18.2 Å². The number of amidine groups is 1. The largest absolute Gasteiger partial charge is 0.479 e. The fourth-order valence-electron chi connectivity index (χ4n) is 2.58. The third-order valence-corrected chi connectivity index (χ3v) is 6.05. The Bertz CT molecular complexity index is 1080. The van der Waals surface area contributed by atoms with E-state index in [1.54, 1.807) is 35.7 Å². The Morgan fingerprint density at radius 1 is 1.25 bits per heavy atom. The molecule has 1 amide bonds. The Hall–Kier alpha value is -3.05. The van der Waals surface area contributed by atoms with E-state index in [0.29, 0.717) is 5.56 Å². The van der Waals surface area contributed by atoms with Gasteiger partial charge in [0, 0.05) is 7.05 Å². The molecule has 0 saturated heterocycles. The van der Waals surface area contributed by atoms with Crippen LogP contribution in [0.15, 0.2) is 46.8 Å². The van der Waals surface area contributed by atoms with Gasteiger partial charge < -0.3 is 5.11 Å². The van der Waals surface area contributed by atoms with Gasteiger partial charge in [0.2, 0.25) is 16.1 Å². The topological polar surface area (TPSA) is 133 Å². The van der Waals surface area contributed by atoms with Crippen LogP contribution < -0.4 is 4.72 Å². The highest BCUT2D eigenvalue weighted by molar-refractivity contribution is 7.91. The number of nitrogens with one attached hydrogen (secondary N) is 1. The number of hydrogen-bond acceptors (Lipinski definition) is 7. The van der Waals surface area contributed by atoms with Gasteiger partial charge in [-0.2, -0.15) is 0 Å². The molecule has 0 bridgehead atoms. The van der Waals surface area contributed by atoms with Crippen LogP contribution in [0.3, 0.4) is 0 Å². The molecule has 3 rings (SSSR count). The van der Waals surface area contributed by atoms with Crippen LogP contribution in [0.5, 0.6) is 0 Å². The van der Waals surface area contributed by atoms with Gasteiger partial charge in [-0.3, -0.25) is 19.2 Å². The van der Waals surface area contributed by atoms with Crippen molar-refractivity contribution in [2.24, 2.45) is 4.99 Å². The van der Waals surface area contributed by atoms with E-state index in [4.69, 9.17) is 5.11 Å². The fourth-order valence-corrected chi connectivity index (χ4v) is 4.74. The molecule has 2 N–H and O–H groups in total. The predicted molar refractivity (Wildman–Crippen MR) is 103 cm³/mol. The number of likely N-dealkylation sites (N-methyl/N-ethyl adjacent to an activating group) is 1. The number of carboxylic acid groups (broad SMARTS) is 1. The number of carbonyl (C=O) groups is 3. The molecule has 0 saturated carbocycles. The number of amides is 1. The van der Waals surface area contributed by atoms with Crippen LogP contribution in [0.2, 0.25) is 0 Å². The second-order valence-electron chi connectivity index (χ2n) is 5.93. The Kier molecular flexibility index (Phi) is 5.29. The number of aliphatic imine (C=N–C) groups is 1. The van der Waals surface area contributed by atoms with Gasteiger partial charge in [0.25, 0.3) is 11.7 Å². The summed E-state index contributed by atoms with van der Waals surface area (Å²) >= 11 is 1.07. The highest BCUT2D eigenvalue weighted by Crippen LogP contribution is 2.28. The fraction of sp³-hybridized carbons (Fsp3) is 0.176. The van der Waals surface area contributed by atoms with Crippen LogP contribution in [0.4, 0.5) is 5.69 Å². The maximum atomic E-state index is 12.5. The number of Topliss-reactive ketones (excluding diaryl/α,β-unsaturated/α-hetero) is 1. The van der Waals surface area contributed by atoms with Crippen molar-refractivity contribution in [2.45, 2.75) is 11.8 Å². The minimum atomic E-state index is -3.78. The molecule has 2 aromatic rings. The maximum Gasteiger partial charge on any atom is 0.336 e. The van der Waals surface area contributed by atoms with Crippen LogP contribution in [0.25, 0.3) is 0 Å². The van der Waals surface area contributed by atoms with E-state index in [0.717, 1.165) is 16.2 Å². The quantitative estimate of drug-likeness (QED) is 0.527. The Balaban J connectivity index is 1.93. The summed E-state index contributed by atoms with van der Waals surface area (Å²) in [6, 6.07) is 8.20. The SMILES string of the molecule is CN1C(=O)C(=O)C(C(=O)O)N=C1c1sccc1NS(=O)(=O)Cc1ccccc1. The molecule has 1 aliphatic heterocycles. The van der Waals surface area contributed by atoms with Crippen molar-refractivity contribution in [3.05, 3.63) is 52.2 Å². The lowest BCUT2D eigenvalue weighted by atomic mass is 10.1. The second-order valence-corrected chi connectivity index (χ2v) is 8.57. The van der Waals surface area contributed by atoms with Crippen molar-refractivity contribution < 1.29 is 27.9 Å². The summed E-state index contributed by atoms with van der Waals surface area (Å²) in [6.45, 7) is 0. The number of hydrogen-bond donors (Lipinski definition) is 2. The zero-order valence-corrected chi connectivity index (χ0v) is 16.2. The maximum absolute atomic E-state index is 12.5. The number of ketones is 1. The monoisotopic (exact) mass is 421 g/mol. The Labute approximate surface area is 164 Å². The lowest BCUT2D eigenvalue weighted by Gasteiger charge is -2.25. The summed E-state index contributed by atoms with van der Waals surface area (Å²) in [5.74, 6) is -4.07. The summed E-state index contributed by atoms with van der Waals surface area (Å²) in [7, 11) is -2.50. The van der Waals surface area contributed by atoms with Crippen LogP contribution in [0, 0.1) is 0 Å². The van der Waals surface area contributed by atoms with E-state index < -0.39 is 33.7 Å². The normalized spacial score (nSPS) is 17.4. The average molecular weight is 421 g/mol. The van der Waals surface area contributed by atoms with Gasteiger partial charge in [0.15, 0.2) is 5.84 Å². The van der Waals surface area contributed by atoms with E-state index in [2.05, 4.69) is 9.71 Å². The van der Waals surface area contributed by atoms with Crippen LogP contribution in [-0.2, 0) is 30.2 Å². The number of thiophene rings is 1. The number of benzene rings is 1. The van der Waals surface area contributed by atoms with Crippen molar-refractivity contribution in [1.29, 1.82) is 0 Å². The minimum absolute atomic E-state index is 0.0792. The van der Waals surface area contributed by atoms with E-state index in [-0.39, 0.29) is 22.2 Å². The van der Waals surface area contributed by atoms with Gasteiger partial charge in [-0.15, -0.1) is 11.3 Å². The summed E-state index contributed by atoms with van der Waals surface area (Å²) in [5.41, 5.74) is 0.739. The van der Waals surface area contributed by atoms with E-state index in [1.165, 1.54) is 13.1 Å². The van der Waals surface area contributed by atoms with Gasteiger partial charge in [-0.1, -0.05) is 30.3 Å². The molecule has 11 heteroatoms. The number of anilines is 1. The molecule has 2 heterocycles. The average Bonchev–Trinajstić information content (AvgIpc) is 3.07. The van der Waals surface area contributed by atoms with E-state index in [9.17, 15) is 22.8 Å². The second kappa shape index (κ2) is 7.52. The molecule has 1 aromatic carbocycles. The molecular weight excluding hydrogens is 406 g/mol. The van der Waals surface area contributed by atoms with Gasteiger partial charge in [0.1, 0.15) is 0 Å². The van der Waals surface area contributed by atoms with Gasteiger partial charge in [0.05, 0.1) is 16.3 Å². The van der Waals surface area contributed by atoms with Crippen molar-refractivity contribution in [3.63, 3.8) is 0 Å². The first kappa shape index (κ1) is 19.7. The molecule has 1 aliphatic rings. The van der Waals surface area contributed by atoms with Gasteiger partial charge >= 0.3 is 5.97 Å². The molecule has 0 aliphatic carbocycles. The number of carbonyl (C=O) groups excluding carboxylic acids is 2. The number of aliphatic carboxylic acids is 1. The molecule has 1 atom stereocenters. The number of carboxylic acids is 1. The molecule has 28 heavy (non-hydrogen) atoms. The van der Waals surface area contributed by atoms with E-state index >= 15 is 0 Å². The first-order valence-electron chi connectivity index (χ1n) is 7.94. The lowest BCUT2D eigenvalue weighted by Crippen LogP contribution is -2.50. The third-order valence-electron chi connectivity index (χ3n) is 3.90. The third kappa shape index (κ3) is 3.94. The summed E-state index contributed by atoms with van der Waals surface area (Å²) in [4.78, 5) is 40.2. The Morgan fingerprint density at radius 2 is 1.93 bits per heavy atom. The highest BCUT2D eigenvalue weighted by Gasteiger charge is 2.40. The van der Waals surface area contributed by atoms with Gasteiger partial charge in [-0.05, 0) is 17.0 Å². The molecular formula is C17H15N3O6S2. The highest BCUT2D eigenvalue weighted by atomic mass is 32.2. The molecule has 0 radical (unpaired) electrons. The zero-order valence-electron chi connectivity index (χ0n) is 14.5. The first-order valence-corrected chi connectivity index (χ1v) is 10.5. The predicted octanol–water partition coefficient (Wildman–Crippen LogP) is 0.931. The standard InChI is InChI=1S/C17H15N3O6S2/c1-20-15(18-12(17(23)24)13(21)16(20)22)14-11(7-8-27-14)19-28(25,26)9-10-5-3-2-4-6-10/h2-8,12,19H,9H2,1H3,(H,23,24). The summed E-state index contributed by atoms with van der Waals surface area (Å²) in [6.07, 6.45) is 0. The van der Waals surface area contributed by atoms with E-state index in [1.807, 2.05) is 0 Å². The molecule has 1 unspecified atom stereocenters. The van der Waals surface area contributed by atoms with Crippen molar-refractivity contribution in [2.75, 3.05) is 11.8 Å². The molecule has 146 valence electrons. The number of sulfonamides is 1. The Morgan fingerprint density at radius 3 is 2.57 bits per heavy atom. The van der Waals surface area contributed by atoms with Crippen molar-refractivity contribution in [3.8, 4) is 0 Å². The molecule has 0 fully saturated rings. The first-order chi connectivity index (χ1) is 13.2. The van der Waals surface area contributed by atoms with Crippen molar-refractivity contribution in [1.82, 2.24) is 4.90 Å². The lowest BCUT2D eigenvalue weighted by molar-refractivity contribution is -0.149. The van der Waals surface area contributed by atoms with Crippen LogP contribution in [-0.4, -0.2) is 55.0 Å². The number of rotatable bonds is 6. The van der Waals surface area contributed by atoms with Crippen LogP contribution >= 0.6 is 11.3 Å². The summed E-state index contributed by atoms with van der Waals surface area (Å²) in [5, 5.41) is 10.7. The van der Waals surface area contributed by atoms with Crippen LogP contribution in [0.1, 0.15) is 10.4 Å². The smallest absolute Gasteiger partial charge is 0.336 e. The molecule has 0 spiro atoms. The summed E-state index contributed by atoms with van der Waals surface area (Å²) < 4.78 is 27.4. The minimum Gasteiger partial charge on any atom is -0.479 e.